The molecule has 0 unspecified atom stereocenters. The first-order valence-corrected chi connectivity index (χ1v) is 11.2. The molecular weight excluding hydrogens is 436 g/mol. The van der Waals surface area contributed by atoms with E-state index in [0.717, 1.165) is 37.7 Å². The highest BCUT2D eigenvalue weighted by molar-refractivity contribution is 5.73. The Morgan fingerprint density at radius 3 is 2.47 bits per heavy atom. The van der Waals surface area contributed by atoms with Gasteiger partial charge in [0.15, 0.2) is 5.82 Å². The third kappa shape index (κ3) is 5.84. The van der Waals surface area contributed by atoms with Crippen molar-refractivity contribution in [2.75, 3.05) is 35.8 Å². The lowest BCUT2D eigenvalue weighted by molar-refractivity contribution is 0.0129. The van der Waals surface area contributed by atoms with Crippen LogP contribution in [0.2, 0.25) is 0 Å². The molecule has 3 heterocycles. The SMILES string of the molecule is C=C(Nc1cc(CC)ncn1)N(C)c1nc(-c2cccc(C(C)(F)F)n2)ccc1N(C)CCC. The summed E-state index contributed by atoms with van der Waals surface area (Å²) in [5.41, 5.74) is 2.36. The van der Waals surface area contributed by atoms with Crippen LogP contribution in [-0.2, 0) is 12.3 Å². The summed E-state index contributed by atoms with van der Waals surface area (Å²) in [7, 11) is 3.83. The second-order valence-corrected chi connectivity index (χ2v) is 8.14. The minimum absolute atomic E-state index is 0.296. The lowest BCUT2D eigenvalue weighted by atomic mass is 10.1. The van der Waals surface area contributed by atoms with Crippen LogP contribution < -0.4 is 15.1 Å². The summed E-state index contributed by atoms with van der Waals surface area (Å²) in [6.07, 6.45) is 3.25. The van der Waals surface area contributed by atoms with Gasteiger partial charge >= 0.3 is 0 Å². The van der Waals surface area contributed by atoms with Crippen LogP contribution in [0, 0.1) is 0 Å². The fourth-order valence-electron chi connectivity index (χ4n) is 3.42. The number of pyridine rings is 2. The third-order valence-corrected chi connectivity index (χ3v) is 5.37. The number of halogens is 2. The van der Waals surface area contributed by atoms with Crippen LogP contribution in [-0.4, -0.2) is 40.6 Å². The van der Waals surface area contributed by atoms with E-state index in [1.807, 2.05) is 38.1 Å². The smallest absolute Gasteiger partial charge is 0.286 e. The Morgan fingerprint density at radius 2 is 1.79 bits per heavy atom. The van der Waals surface area contributed by atoms with E-state index in [1.165, 1.54) is 12.4 Å². The van der Waals surface area contributed by atoms with Gasteiger partial charge in [-0.15, -0.1) is 0 Å². The van der Waals surface area contributed by atoms with Crippen LogP contribution in [0.1, 0.15) is 38.6 Å². The van der Waals surface area contributed by atoms with Crippen LogP contribution in [0.5, 0.6) is 0 Å². The van der Waals surface area contributed by atoms with Crippen LogP contribution in [0.15, 0.2) is 55.1 Å². The van der Waals surface area contributed by atoms with Gasteiger partial charge in [0.1, 0.15) is 23.7 Å². The number of rotatable bonds is 10. The predicted molar refractivity (Wildman–Crippen MR) is 133 cm³/mol. The number of nitrogens with one attached hydrogen (secondary N) is 1. The Balaban J connectivity index is 2.00. The molecule has 0 amide bonds. The maximum absolute atomic E-state index is 13.9. The molecule has 0 fully saturated rings. The number of aryl methyl sites for hydroxylation is 1. The summed E-state index contributed by atoms with van der Waals surface area (Å²) in [5.74, 6) is -1.24. The molecule has 0 spiro atoms. The lowest BCUT2D eigenvalue weighted by Crippen LogP contribution is -2.27. The maximum Gasteiger partial charge on any atom is 0.286 e. The summed E-state index contributed by atoms with van der Waals surface area (Å²) < 4.78 is 27.7. The number of nitrogens with zero attached hydrogens (tertiary/aromatic N) is 6. The van der Waals surface area contributed by atoms with E-state index in [0.29, 0.717) is 28.8 Å². The summed E-state index contributed by atoms with van der Waals surface area (Å²) in [6, 6.07) is 10.2. The Kier molecular flexibility index (Phi) is 7.75. The predicted octanol–water partition coefficient (Wildman–Crippen LogP) is 5.47. The van der Waals surface area contributed by atoms with Crippen molar-refractivity contribution in [1.82, 2.24) is 19.9 Å². The molecule has 180 valence electrons. The number of anilines is 3. The highest BCUT2D eigenvalue weighted by Gasteiger charge is 2.26. The van der Waals surface area contributed by atoms with Crippen LogP contribution in [0.25, 0.3) is 11.4 Å². The highest BCUT2D eigenvalue weighted by Crippen LogP contribution is 2.32. The summed E-state index contributed by atoms with van der Waals surface area (Å²) in [5, 5.41) is 3.21. The van der Waals surface area contributed by atoms with Crippen molar-refractivity contribution in [3.63, 3.8) is 0 Å². The van der Waals surface area contributed by atoms with Gasteiger partial charge in [0, 0.05) is 39.3 Å². The van der Waals surface area contributed by atoms with E-state index in [4.69, 9.17) is 4.98 Å². The average molecular weight is 468 g/mol. The first kappa shape index (κ1) is 25.0. The largest absolute Gasteiger partial charge is 0.372 e. The van der Waals surface area contributed by atoms with Crippen molar-refractivity contribution in [1.29, 1.82) is 0 Å². The fourth-order valence-corrected chi connectivity index (χ4v) is 3.42. The van der Waals surface area contributed by atoms with Gasteiger partial charge in [-0.05, 0) is 37.1 Å². The average Bonchev–Trinajstić information content (AvgIpc) is 2.83. The zero-order chi connectivity index (χ0) is 24.9. The number of hydrogen-bond donors (Lipinski definition) is 1. The Bertz CT molecular complexity index is 1140. The molecule has 0 radical (unpaired) electrons. The zero-order valence-corrected chi connectivity index (χ0v) is 20.3. The molecule has 9 heteroatoms. The summed E-state index contributed by atoms with van der Waals surface area (Å²) in [4.78, 5) is 21.4. The molecular formula is C25H31F2N7. The van der Waals surface area contributed by atoms with E-state index >= 15 is 0 Å². The number of alkyl halides is 2. The molecule has 3 rings (SSSR count). The normalized spacial score (nSPS) is 11.3. The van der Waals surface area contributed by atoms with E-state index in [1.54, 1.807) is 18.2 Å². The van der Waals surface area contributed by atoms with Gasteiger partial charge in [0.2, 0.25) is 0 Å². The molecule has 0 saturated heterocycles. The summed E-state index contributed by atoms with van der Waals surface area (Å²) >= 11 is 0. The first-order chi connectivity index (χ1) is 16.1. The molecule has 0 saturated carbocycles. The van der Waals surface area contributed by atoms with Crippen molar-refractivity contribution < 1.29 is 8.78 Å². The van der Waals surface area contributed by atoms with Crippen molar-refractivity contribution in [2.45, 2.75) is 39.5 Å². The van der Waals surface area contributed by atoms with Gasteiger partial charge in [0.25, 0.3) is 5.92 Å². The number of aromatic nitrogens is 4. The van der Waals surface area contributed by atoms with E-state index in [9.17, 15) is 8.78 Å². The van der Waals surface area contributed by atoms with Gasteiger partial charge in [-0.3, -0.25) is 0 Å². The molecule has 0 aliphatic heterocycles. The highest BCUT2D eigenvalue weighted by atomic mass is 19.3. The minimum atomic E-state index is -3.04. The number of hydrogen-bond acceptors (Lipinski definition) is 7. The van der Waals surface area contributed by atoms with Gasteiger partial charge in [-0.2, -0.15) is 8.78 Å². The standard InChI is InChI=1S/C25H31F2N7/c1-7-14-33(5)21-13-12-20(19-10-9-11-22(31-19)25(4,26)27)32-24(21)34(6)17(3)30-23-15-18(8-2)28-16-29-23/h9-13,15-16H,3,7-8,14H2,1-2,4-6H3,(H,28,29,30). The van der Waals surface area contributed by atoms with Gasteiger partial charge in [-0.1, -0.05) is 26.5 Å². The van der Waals surface area contributed by atoms with E-state index in [-0.39, 0.29) is 5.69 Å². The van der Waals surface area contributed by atoms with Crippen molar-refractivity contribution >= 4 is 17.3 Å². The molecule has 3 aromatic rings. The molecule has 0 aromatic carbocycles. The van der Waals surface area contributed by atoms with Crippen molar-refractivity contribution in [3.8, 4) is 11.4 Å². The van der Waals surface area contributed by atoms with Crippen LogP contribution in [0.4, 0.5) is 26.1 Å². The van der Waals surface area contributed by atoms with E-state index < -0.39 is 5.92 Å². The fraction of sp³-hybridized carbons (Fsp3) is 0.360. The maximum atomic E-state index is 13.9. The Morgan fingerprint density at radius 1 is 1.06 bits per heavy atom. The van der Waals surface area contributed by atoms with Crippen molar-refractivity contribution in [2.24, 2.45) is 0 Å². The summed E-state index contributed by atoms with van der Waals surface area (Å²) in [6.45, 7) is 9.94. The second-order valence-electron chi connectivity index (χ2n) is 8.14. The quantitative estimate of drug-likeness (QED) is 0.424. The second kappa shape index (κ2) is 10.5. The molecule has 0 aliphatic rings. The van der Waals surface area contributed by atoms with Gasteiger partial charge in [0.05, 0.1) is 17.1 Å². The topological polar surface area (TPSA) is 70.1 Å². The molecule has 7 nitrogen and oxygen atoms in total. The first-order valence-electron chi connectivity index (χ1n) is 11.2. The molecule has 0 aliphatic carbocycles. The van der Waals surface area contributed by atoms with Crippen LogP contribution >= 0.6 is 0 Å². The molecule has 0 atom stereocenters. The van der Waals surface area contributed by atoms with Crippen molar-refractivity contribution in [3.05, 3.63) is 66.5 Å². The van der Waals surface area contributed by atoms with Crippen LogP contribution in [0.3, 0.4) is 0 Å². The third-order valence-electron chi connectivity index (χ3n) is 5.37. The monoisotopic (exact) mass is 467 g/mol. The molecule has 0 bridgehead atoms. The van der Waals surface area contributed by atoms with Gasteiger partial charge in [-0.25, -0.2) is 19.9 Å². The lowest BCUT2D eigenvalue weighted by Gasteiger charge is -2.28. The van der Waals surface area contributed by atoms with E-state index in [2.05, 4.69) is 38.7 Å². The zero-order valence-electron chi connectivity index (χ0n) is 20.3. The Labute approximate surface area is 199 Å². The minimum Gasteiger partial charge on any atom is -0.372 e. The Hall–Kier alpha value is -3.62. The van der Waals surface area contributed by atoms with Gasteiger partial charge < -0.3 is 15.1 Å². The molecule has 34 heavy (non-hydrogen) atoms. The molecule has 3 aromatic heterocycles. The molecule has 1 N–H and O–H groups in total.